The molecule has 2 heterocycles. The van der Waals surface area contributed by atoms with Crippen molar-refractivity contribution in [3.05, 3.63) is 20.8 Å². The minimum atomic E-state index is -0.458. The molecule has 1 aliphatic rings. The van der Waals surface area contributed by atoms with E-state index in [-0.39, 0.29) is 5.56 Å². The zero-order valence-corrected chi connectivity index (χ0v) is 8.20. The first-order chi connectivity index (χ1) is 5.68. The number of H-pyrrole nitrogens is 2. The van der Waals surface area contributed by atoms with Gasteiger partial charge in [-0.25, -0.2) is 4.79 Å². The number of aromatic amines is 2. The lowest BCUT2D eigenvalue weighted by Crippen LogP contribution is -2.24. The molecule has 2 N–H and O–H groups in total. The Kier molecular flexibility index (Phi) is 1.93. The lowest BCUT2D eigenvalue weighted by Gasteiger charge is -1.93. The summed E-state index contributed by atoms with van der Waals surface area (Å²) < 4.78 is 0. The van der Waals surface area contributed by atoms with E-state index in [0.29, 0.717) is 15.0 Å². The lowest BCUT2D eigenvalue weighted by atomic mass is 10.6. The Balaban J connectivity index is 2.85. The van der Waals surface area contributed by atoms with Crippen LogP contribution in [0.15, 0.2) is 19.5 Å². The molecule has 0 aromatic carbocycles. The molecular weight excluding hydrogens is 216 g/mol. The van der Waals surface area contributed by atoms with Gasteiger partial charge in [-0.3, -0.25) is 9.78 Å². The fourth-order valence-electron chi connectivity index (χ4n) is 0.934. The predicted octanol–water partition coefficient (Wildman–Crippen LogP) is -0.434. The molecule has 1 atom stereocenters. The van der Waals surface area contributed by atoms with E-state index in [0.717, 1.165) is 0 Å². The van der Waals surface area contributed by atoms with E-state index in [1.807, 2.05) is 0 Å². The Morgan fingerprint density at radius 1 is 1.42 bits per heavy atom. The van der Waals surface area contributed by atoms with E-state index in [1.165, 1.54) is 11.8 Å². The normalized spacial score (nSPS) is 20.8. The number of nitrogens with one attached hydrogen (secondary N) is 2. The quantitative estimate of drug-likeness (QED) is 0.582. The second kappa shape index (κ2) is 2.82. The van der Waals surface area contributed by atoms with Gasteiger partial charge in [0, 0.05) is 0 Å². The highest BCUT2D eigenvalue weighted by Gasteiger charge is 2.20. The molecule has 0 saturated carbocycles. The number of aromatic nitrogens is 2. The van der Waals surface area contributed by atoms with Gasteiger partial charge in [-0.1, -0.05) is 21.2 Å². The summed E-state index contributed by atoms with van der Waals surface area (Å²) in [7, 11) is -0.435. The maximum atomic E-state index is 11.2. The van der Waals surface area contributed by atoms with Gasteiger partial charge in [-0.2, -0.15) is 0 Å². The summed E-state index contributed by atoms with van der Waals surface area (Å²) in [5, 5.41) is 1.36. The third-order valence-corrected chi connectivity index (χ3v) is 5.67. The van der Waals surface area contributed by atoms with E-state index >= 15 is 0 Å². The van der Waals surface area contributed by atoms with Crippen molar-refractivity contribution < 1.29 is 0 Å². The molecule has 64 valence electrons. The molecule has 1 aromatic heterocycles. The molecule has 12 heavy (non-hydrogen) atoms. The summed E-state index contributed by atoms with van der Waals surface area (Å²) in [4.78, 5) is 27.3. The van der Waals surface area contributed by atoms with Crippen molar-refractivity contribution in [2.45, 2.75) is 9.92 Å². The maximum absolute atomic E-state index is 11.2. The van der Waals surface area contributed by atoms with Crippen LogP contribution in [0.4, 0.5) is 0 Å². The molecule has 0 fully saturated rings. The van der Waals surface area contributed by atoms with E-state index in [9.17, 15) is 9.59 Å². The largest absolute Gasteiger partial charge is 0.326 e. The van der Waals surface area contributed by atoms with Crippen LogP contribution in [0, 0.1) is 0 Å². The molecule has 0 spiro atoms. The van der Waals surface area contributed by atoms with E-state index < -0.39 is 15.1 Å². The van der Waals surface area contributed by atoms with Gasteiger partial charge in [-0.05, 0) is 11.2 Å². The maximum Gasteiger partial charge on any atom is 0.326 e. The SMILES string of the molecule is O=c1[nH]c2c(c(=O)[nH]1)S(=S)CS2. The van der Waals surface area contributed by atoms with E-state index in [4.69, 9.17) is 11.2 Å². The van der Waals surface area contributed by atoms with Crippen molar-refractivity contribution in [2.24, 2.45) is 0 Å². The predicted molar refractivity (Wildman–Crippen MR) is 51.4 cm³/mol. The van der Waals surface area contributed by atoms with Gasteiger partial charge in [-0.15, -0.1) is 0 Å². The minimum absolute atomic E-state index is 0.336. The molecule has 1 unspecified atom stereocenters. The van der Waals surface area contributed by atoms with Gasteiger partial charge in [0.1, 0.15) is 4.90 Å². The van der Waals surface area contributed by atoms with E-state index in [2.05, 4.69) is 9.97 Å². The fraction of sp³-hybridized carbons (Fsp3) is 0.200. The average Bonchev–Trinajstić information content (AvgIpc) is 2.31. The highest BCUT2D eigenvalue weighted by molar-refractivity contribution is 8.35. The van der Waals surface area contributed by atoms with Crippen LogP contribution in [0.25, 0.3) is 0 Å². The van der Waals surface area contributed by atoms with Crippen LogP contribution >= 0.6 is 11.8 Å². The van der Waals surface area contributed by atoms with Crippen molar-refractivity contribution in [1.29, 1.82) is 0 Å². The van der Waals surface area contributed by atoms with Crippen LogP contribution in [0.5, 0.6) is 0 Å². The van der Waals surface area contributed by atoms with Gasteiger partial charge in [0.2, 0.25) is 0 Å². The van der Waals surface area contributed by atoms with Crippen LogP contribution in [0.1, 0.15) is 0 Å². The van der Waals surface area contributed by atoms with Gasteiger partial charge in [0.25, 0.3) is 5.56 Å². The molecular formula is C5H4N2O2S3. The highest BCUT2D eigenvalue weighted by atomic mass is 32.8. The average molecular weight is 220 g/mol. The van der Waals surface area contributed by atoms with Crippen LogP contribution in [0.2, 0.25) is 0 Å². The topological polar surface area (TPSA) is 65.7 Å². The van der Waals surface area contributed by atoms with Crippen molar-refractivity contribution in [3.63, 3.8) is 0 Å². The summed E-state index contributed by atoms with van der Waals surface area (Å²) in [6.45, 7) is 0. The summed E-state index contributed by atoms with van der Waals surface area (Å²) in [6.07, 6.45) is 0. The van der Waals surface area contributed by atoms with Crippen molar-refractivity contribution >= 4 is 32.4 Å². The van der Waals surface area contributed by atoms with Gasteiger partial charge in [0.15, 0.2) is 0 Å². The Morgan fingerprint density at radius 2 is 2.17 bits per heavy atom. The molecule has 1 aromatic rings. The smallest absolute Gasteiger partial charge is 0.301 e. The first kappa shape index (κ1) is 8.21. The Morgan fingerprint density at radius 3 is 2.92 bits per heavy atom. The molecule has 0 saturated heterocycles. The first-order valence-corrected chi connectivity index (χ1v) is 6.37. The third-order valence-electron chi connectivity index (χ3n) is 1.40. The lowest BCUT2D eigenvalue weighted by molar-refractivity contribution is 0.880. The minimum Gasteiger partial charge on any atom is -0.301 e. The summed E-state index contributed by atoms with van der Waals surface area (Å²) in [5.74, 6) is 0. The number of fused-ring (bicyclic) bond motifs is 1. The van der Waals surface area contributed by atoms with Crippen molar-refractivity contribution in [2.75, 3.05) is 5.08 Å². The van der Waals surface area contributed by atoms with Gasteiger partial charge in [0.05, 0.1) is 10.1 Å². The molecule has 0 amide bonds. The Bertz CT molecular complexity index is 460. The van der Waals surface area contributed by atoms with Crippen molar-refractivity contribution in [1.82, 2.24) is 9.97 Å². The van der Waals surface area contributed by atoms with Crippen LogP contribution in [-0.4, -0.2) is 15.1 Å². The Labute approximate surface area is 78.4 Å². The molecule has 0 bridgehead atoms. The molecule has 0 aliphatic carbocycles. The standard InChI is InChI=1S/C5H4N2O2S3/c8-3-2-4(7-5(9)6-3)11-1-12(2)10/h1H2,(H2,6,7,8,9). The van der Waals surface area contributed by atoms with Gasteiger partial charge < -0.3 is 4.98 Å². The number of thioether (sulfide) groups is 1. The first-order valence-electron chi connectivity index (χ1n) is 3.06. The van der Waals surface area contributed by atoms with Crippen LogP contribution in [0.3, 0.4) is 0 Å². The summed E-state index contributed by atoms with van der Waals surface area (Å²) in [6, 6.07) is 0. The van der Waals surface area contributed by atoms with Crippen LogP contribution < -0.4 is 11.2 Å². The molecule has 7 heteroatoms. The second-order valence-corrected chi connectivity index (χ2v) is 6.12. The van der Waals surface area contributed by atoms with Gasteiger partial charge >= 0.3 is 5.69 Å². The Hall–Kier alpha value is -0.400. The number of hydrogen-bond donors (Lipinski definition) is 2. The van der Waals surface area contributed by atoms with Crippen molar-refractivity contribution in [3.8, 4) is 0 Å². The number of hydrogen-bond acceptors (Lipinski definition) is 4. The molecule has 0 radical (unpaired) electrons. The summed E-state index contributed by atoms with van der Waals surface area (Å²) >= 11 is 6.49. The monoisotopic (exact) mass is 220 g/mol. The second-order valence-electron chi connectivity index (χ2n) is 2.17. The fourth-order valence-corrected chi connectivity index (χ4v) is 4.76. The molecule has 2 rings (SSSR count). The van der Waals surface area contributed by atoms with Crippen LogP contribution in [-0.2, 0) is 20.6 Å². The molecule has 1 aliphatic heterocycles. The van der Waals surface area contributed by atoms with E-state index in [1.54, 1.807) is 0 Å². The number of rotatable bonds is 0. The highest BCUT2D eigenvalue weighted by Crippen LogP contribution is 2.28. The summed E-state index contributed by atoms with van der Waals surface area (Å²) in [5.41, 5.74) is -0.794. The zero-order chi connectivity index (χ0) is 8.72. The zero-order valence-electron chi connectivity index (χ0n) is 5.75. The molecule has 4 nitrogen and oxygen atoms in total. The third kappa shape index (κ3) is 1.17.